The van der Waals surface area contributed by atoms with Gasteiger partial charge in [0.1, 0.15) is 4.32 Å². The number of thioether (sulfide) groups is 1. The molecule has 2 N–H and O–H groups in total. The second-order valence-corrected chi connectivity index (χ2v) is 3.32. The van der Waals surface area contributed by atoms with Crippen LogP contribution in [-0.2, 0) is 0 Å². The summed E-state index contributed by atoms with van der Waals surface area (Å²) >= 11 is 6.39. The Kier molecular flexibility index (Phi) is 2.10. The van der Waals surface area contributed by atoms with Crippen molar-refractivity contribution in [2.24, 2.45) is 0 Å². The number of hydrogen-bond donors (Lipinski definition) is 2. The van der Waals surface area contributed by atoms with E-state index in [-0.39, 0.29) is 12.6 Å². The molecule has 0 bridgehead atoms. The smallest absolute Gasteiger partial charge is 0.134 e. The van der Waals surface area contributed by atoms with Crippen molar-refractivity contribution in [2.75, 3.05) is 12.4 Å². The third kappa shape index (κ3) is 1.34. The van der Waals surface area contributed by atoms with E-state index in [9.17, 15) is 0 Å². The Morgan fingerprint density at radius 2 is 2.75 bits per heavy atom. The van der Waals surface area contributed by atoms with Crippen molar-refractivity contribution >= 4 is 28.3 Å². The van der Waals surface area contributed by atoms with Crippen molar-refractivity contribution in [3.63, 3.8) is 0 Å². The van der Waals surface area contributed by atoms with Gasteiger partial charge < -0.3 is 10.4 Å². The predicted octanol–water partition coefficient (Wildman–Crippen LogP) is -0.0314. The van der Waals surface area contributed by atoms with Gasteiger partial charge in [-0.1, -0.05) is 24.0 Å². The Balaban J connectivity index is 2.32. The van der Waals surface area contributed by atoms with Gasteiger partial charge in [0.2, 0.25) is 0 Å². The lowest BCUT2D eigenvalue weighted by Gasteiger charge is -2.01. The first-order valence-corrected chi connectivity index (χ1v) is 3.76. The largest absolute Gasteiger partial charge is 0.394 e. The standard InChI is InChI=1S/C4H7NOS2/c6-1-3-2-8-4(7)5-3/h3,6H,1-2H2,(H,5,7)/t3-/m1/s1. The van der Waals surface area contributed by atoms with Gasteiger partial charge in [-0.15, -0.1) is 0 Å². The summed E-state index contributed by atoms with van der Waals surface area (Å²) in [6.45, 7) is 0.188. The van der Waals surface area contributed by atoms with Gasteiger partial charge in [-0.3, -0.25) is 0 Å². The van der Waals surface area contributed by atoms with E-state index in [0.29, 0.717) is 0 Å². The molecule has 46 valence electrons. The molecule has 0 amide bonds. The molecule has 2 nitrogen and oxygen atoms in total. The summed E-state index contributed by atoms with van der Waals surface area (Å²) < 4.78 is 0.809. The molecule has 0 saturated carbocycles. The van der Waals surface area contributed by atoms with Crippen molar-refractivity contribution in [2.45, 2.75) is 6.04 Å². The zero-order valence-electron chi connectivity index (χ0n) is 4.26. The van der Waals surface area contributed by atoms with Gasteiger partial charge in [-0.2, -0.15) is 0 Å². The van der Waals surface area contributed by atoms with Crippen LogP contribution >= 0.6 is 24.0 Å². The van der Waals surface area contributed by atoms with E-state index in [1.807, 2.05) is 0 Å². The van der Waals surface area contributed by atoms with Crippen molar-refractivity contribution in [3.05, 3.63) is 0 Å². The minimum absolute atomic E-state index is 0.188. The molecular formula is C4H7NOS2. The van der Waals surface area contributed by atoms with Gasteiger partial charge in [0, 0.05) is 5.75 Å². The molecule has 0 aliphatic carbocycles. The lowest BCUT2D eigenvalue weighted by atomic mass is 10.4. The summed E-state index contributed by atoms with van der Waals surface area (Å²) in [7, 11) is 0. The fourth-order valence-electron chi connectivity index (χ4n) is 0.525. The predicted molar refractivity (Wildman–Crippen MR) is 39.1 cm³/mol. The van der Waals surface area contributed by atoms with Crippen LogP contribution in [0.1, 0.15) is 0 Å². The highest BCUT2D eigenvalue weighted by Gasteiger charge is 2.16. The summed E-state index contributed by atoms with van der Waals surface area (Å²) in [4.78, 5) is 0. The zero-order chi connectivity index (χ0) is 5.98. The summed E-state index contributed by atoms with van der Waals surface area (Å²) in [5.41, 5.74) is 0. The SMILES string of the molecule is OC[C@@H]1CSC(=S)N1. The summed E-state index contributed by atoms with van der Waals surface area (Å²) in [6, 6.07) is 0.201. The van der Waals surface area contributed by atoms with Crippen LogP contribution in [0.5, 0.6) is 0 Å². The zero-order valence-corrected chi connectivity index (χ0v) is 5.89. The third-order valence-electron chi connectivity index (χ3n) is 0.958. The van der Waals surface area contributed by atoms with E-state index < -0.39 is 0 Å². The van der Waals surface area contributed by atoms with E-state index in [2.05, 4.69) is 5.32 Å². The number of thiocarbonyl (C=S) groups is 1. The van der Waals surface area contributed by atoms with Gasteiger partial charge in [-0.25, -0.2) is 0 Å². The number of rotatable bonds is 1. The quantitative estimate of drug-likeness (QED) is 0.513. The molecule has 8 heavy (non-hydrogen) atoms. The first kappa shape index (κ1) is 6.32. The highest BCUT2D eigenvalue weighted by Crippen LogP contribution is 2.12. The summed E-state index contributed by atoms with van der Waals surface area (Å²) in [5.74, 6) is 0.912. The Morgan fingerprint density at radius 1 is 2.00 bits per heavy atom. The topological polar surface area (TPSA) is 32.3 Å². The third-order valence-corrected chi connectivity index (χ3v) is 2.38. The Labute approximate surface area is 57.7 Å². The lowest BCUT2D eigenvalue weighted by Crippen LogP contribution is -2.29. The second kappa shape index (κ2) is 2.66. The van der Waals surface area contributed by atoms with Gasteiger partial charge in [0.25, 0.3) is 0 Å². The highest BCUT2D eigenvalue weighted by atomic mass is 32.2. The molecule has 1 saturated heterocycles. The van der Waals surface area contributed by atoms with Crippen LogP contribution in [-0.4, -0.2) is 27.8 Å². The van der Waals surface area contributed by atoms with E-state index in [4.69, 9.17) is 17.3 Å². The minimum Gasteiger partial charge on any atom is -0.394 e. The molecule has 1 aliphatic rings. The summed E-state index contributed by atoms with van der Waals surface area (Å²) in [5, 5.41) is 11.5. The maximum Gasteiger partial charge on any atom is 0.134 e. The van der Waals surface area contributed by atoms with E-state index >= 15 is 0 Å². The minimum atomic E-state index is 0.188. The molecule has 1 atom stereocenters. The number of hydrogen-bond acceptors (Lipinski definition) is 3. The Hall–Kier alpha value is 0.200. The molecule has 0 spiro atoms. The van der Waals surface area contributed by atoms with Crippen LogP contribution in [0, 0.1) is 0 Å². The van der Waals surface area contributed by atoms with Gasteiger partial charge in [0.05, 0.1) is 12.6 Å². The second-order valence-electron chi connectivity index (χ2n) is 1.62. The Bertz CT molecular complexity index is 106. The van der Waals surface area contributed by atoms with E-state index in [1.54, 1.807) is 11.8 Å². The molecule has 1 fully saturated rings. The molecule has 1 heterocycles. The van der Waals surface area contributed by atoms with Crippen LogP contribution in [0.4, 0.5) is 0 Å². The number of aliphatic hydroxyl groups excluding tert-OH is 1. The molecule has 0 aromatic carbocycles. The molecule has 1 aliphatic heterocycles. The monoisotopic (exact) mass is 149 g/mol. The number of aliphatic hydroxyl groups is 1. The van der Waals surface area contributed by atoms with Crippen LogP contribution in [0.3, 0.4) is 0 Å². The average molecular weight is 149 g/mol. The maximum atomic E-state index is 8.55. The molecule has 1 rings (SSSR count). The summed E-state index contributed by atoms with van der Waals surface area (Å²) in [6.07, 6.45) is 0. The van der Waals surface area contributed by atoms with Crippen LogP contribution < -0.4 is 5.32 Å². The van der Waals surface area contributed by atoms with E-state index in [0.717, 1.165) is 10.1 Å². The van der Waals surface area contributed by atoms with Crippen molar-refractivity contribution < 1.29 is 5.11 Å². The molecular weight excluding hydrogens is 142 g/mol. The maximum absolute atomic E-state index is 8.55. The Morgan fingerprint density at radius 3 is 3.00 bits per heavy atom. The number of nitrogens with one attached hydrogen (secondary N) is 1. The van der Waals surface area contributed by atoms with Gasteiger partial charge in [0.15, 0.2) is 0 Å². The highest BCUT2D eigenvalue weighted by molar-refractivity contribution is 8.23. The van der Waals surface area contributed by atoms with Gasteiger partial charge >= 0.3 is 0 Å². The molecule has 4 heteroatoms. The average Bonchev–Trinajstić information content (AvgIpc) is 2.14. The van der Waals surface area contributed by atoms with Crippen molar-refractivity contribution in [3.8, 4) is 0 Å². The normalized spacial score (nSPS) is 28.1. The fraction of sp³-hybridized carbons (Fsp3) is 0.750. The van der Waals surface area contributed by atoms with Crippen molar-refractivity contribution in [1.29, 1.82) is 0 Å². The molecule has 0 aromatic rings. The fourth-order valence-corrected chi connectivity index (χ4v) is 1.69. The van der Waals surface area contributed by atoms with E-state index in [1.165, 1.54) is 0 Å². The first-order chi connectivity index (χ1) is 3.83. The molecule has 0 aromatic heterocycles. The first-order valence-electron chi connectivity index (χ1n) is 2.37. The van der Waals surface area contributed by atoms with Crippen molar-refractivity contribution in [1.82, 2.24) is 5.32 Å². The van der Waals surface area contributed by atoms with Crippen LogP contribution in [0.15, 0.2) is 0 Å². The van der Waals surface area contributed by atoms with Crippen LogP contribution in [0.25, 0.3) is 0 Å². The molecule has 0 radical (unpaired) electrons. The lowest BCUT2D eigenvalue weighted by molar-refractivity contribution is 0.268. The van der Waals surface area contributed by atoms with Crippen LogP contribution in [0.2, 0.25) is 0 Å². The molecule has 0 unspecified atom stereocenters. The van der Waals surface area contributed by atoms with Gasteiger partial charge in [-0.05, 0) is 0 Å².